The van der Waals surface area contributed by atoms with Gasteiger partial charge in [-0.05, 0) is 100 Å². The van der Waals surface area contributed by atoms with E-state index in [9.17, 15) is 14.9 Å². The molecule has 1 saturated heterocycles. The van der Waals surface area contributed by atoms with Gasteiger partial charge in [0.2, 0.25) is 0 Å². The first kappa shape index (κ1) is 30.9. The van der Waals surface area contributed by atoms with Gasteiger partial charge in [0, 0.05) is 31.3 Å². The summed E-state index contributed by atoms with van der Waals surface area (Å²) in [5, 5.41) is 21.1. The minimum absolute atomic E-state index is 0.119. The number of benzene rings is 3. The van der Waals surface area contributed by atoms with Crippen LogP contribution in [0.3, 0.4) is 0 Å². The number of nitrogens with one attached hydrogen (secondary N) is 1. The fraction of sp³-hybridized carbons (Fsp3) is 0.353. The number of ether oxygens (including phenoxy) is 3. The Morgan fingerprint density at radius 1 is 0.907 bits per heavy atom. The standard InChI is InChI=1S/C34H36N4O5/c1-34(2,3)43-33(40)37-14-11-24-12-15-38(16-13-24)32(39)28-18-30(41-23-27-6-4-5-26(17-27)22-36)20-31(19-28)42-29-9-7-25(21-35)8-10-29/h4-10,17-20,24H,11-16,23H2,1-3H3,(H,37,40). The van der Waals surface area contributed by atoms with Crippen molar-refractivity contribution in [2.75, 3.05) is 19.6 Å². The normalized spacial score (nSPS) is 13.4. The number of nitriles is 2. The number of hydrogen-bond donors (Lipinski definition) is 1. The van der Waals surface area contributed by atoms with Crippen molar-refractivity contribution in [3.05, 3.63) is 89.0 Å². The van der Waals surface area contributed by atoms with Crippen LogP contribution in [0, 0.1) is 28.6 Å². The predicted molar refractivity (Wildman–Crippen MR) is 161 cm³/mol. The van der Waals surface area contributed by atoms with E-state index in [1.165, 1.54) is 0 Å². The second-order valence-electron chi connectivity index (χ2n) is 11.5. The van der Waals surface area contributed by atoms with Gasteiger partial charge >= 0.3 is 6.09 Å². The van der Waals surface area contributed by atoms with Gasteiger partial charge in [0.1, 0.15) is 29.5 Å². The van der Waals surface area contributed by atoms with Crippen LogP contribution >= 0.6 is 0 Å². The molecule has 0 bridgehead atoms. The summed E-state index contributed by atoms with van der Waals surface area (Å²) >= 11 is 0. The summed E-state index contributed by atoms with van der Waals surface area (Å²) in [5.41, 5.74) is 1.79. The van der Waals surface area contributed by atoms with Crippen molar-refractivity contribution in [1.82, 2.24) is 10.2 Å². The van der Waals surface area contributed by atoms with E-state index >= 15 is 0 Å². The van der Waals surface area contributed by atoms with E-state index in [1.54, 1.807) is 60.7 Å². The molecule has 9 nitrogen and oxygen atoms in total. The summed E-state index contributed by atoms with van der Waals surface area (Å²) in [5.74, 6) is 1.69. The Bertz CT molecular complexity index is 1510. The Hall–Kier alpha value is -5.02. The molecule has 1 fully saturated rings. The summed E-state index contributed by atoms with van der Waals surface area (Å²) in [7, 11) is 0. The van der Waals surface area contributed by atoms with Crippen LogP contribution in [0.15, 0.2) is 66.7 Å². The maximum Gasteiger partial charge on any atom is 0.407 e. The molecule has 1 aliphatic heterocycles. The average molecular weight is 581 g/mol. The molecule has 1 aliphatic rings. The fourth-order valence-electron chi connectivity index (χ4n) is 4.77. The van der Waals surface area contributed by atoms with Gasteiger partial charge in [-0.3, -0.25) is 4.79 Å². The van der Waals surface area contributed by atoms with E-state index in [-0.39, 0.29) is 12.5 Å². The molecule has 0 atom stereocenters. The van der Waals surface area contributed by atoms with Crippen molar-refractivity contribution in [2.24, 2.45) is 5.92 Å². The summed E-state index contributed by atoms with van der Waals surface area (Å²) < 4.78 is 17.4. The first-order valence-electron chi connectivity index (χ1n) is 14.3. The highest BCUT2D eigenvalue weighted by Gasteiger charge is 2.25. The van der Waals surface area contributed by atoms with Gasteiger partial charge in [-0.1, -0.05) is 12.1 Å². The highest BCUT2D eigenvalue weighted by Crippen LogP contribution is 2.30. The van der Waals surface area contributed by atoms with Crippen molar-refractivity contribution < 1.29 is 23.8 Å². The van der Waals surface area contributed by atoms with Crippen molar-refractivity contribution in [2.45, 2.75) is 52.2 Å². The van der Waals surface area contributed by atoms with E-state index in [1.807, 2.05) is 31.7 Å². The smallest absolute Gasteiger partial charge is 0.407 e. The third kappa shape index (κ3) is 9.51. The van der Waals surface area contributed by atoms with Crippen molar-refractivity contribution >= 4 is 12.0 Å². The Kier molecular flexibility index (Phi) is 10.2. The maximum atomic E-state index is 13.6. The number of rotatable bonds is 9. The van der Waals surface area contributed by atoms with Crippen molar-refractivity contribution in [3.63, 3.8) is 0 Å². The Morgan fingerprint density at radius 3 is 2.28 bits per heavy atom. The predicted octanol–water partition coefficient (Wildman–Crippen LogP) is 6.57. The van der Waals surface area contributed by atoms with Gasteiger partial charge in [0.15, 0.2) is 0 Å². The fourth-order valence-corrected chi connectivity index (χ4v) is 4.77. The summed E-state index contributed by atoms with van der Waals surface area (Å²) in [4.78, 5) is 27.4. The maximum absolute atomic E-state index is 13.6. The van der Waals surface area contributed by atoms with E-state index < -0.39 is 11.7 Å². The van der Waals surface area contributed by atoms with Crippen LogP contribution in [0.5, 0.6) is 17.2 Å². The molecule has 0 saturated carbocycles. The highest BCUT2D eigenvalue weighted by molar-refractivity contribution is 5.95. The molecule has 0 unspecified atom stereocenters. The molecule has 3 aromatic carbocycles. The monoisotopic (exact) mass is 580 g/mol. The van der Waals surface area contributed by atoms with Crippen LogP contribution in [0.4, 0.5) is 4.79 Å². The lowest BCUT2D eigenvalue weighted by Gasteiger charge is -2.32. The first-order valence-corrected chi connectivity index (χ1v) is 14.3. The molecule has 0 radical (unpaired) electrons. The van der Waals surface area contributed by atoms with Gasteiger partial charge in [0.05, 0.1) is 23.3 Å². The molecule has 0 aromatic heterocycles. The Balaban J connectivity index is 1.42. The third-order valence-corrected chi connectivity index (χ3v) is 6.93. The summed E-state index contributed by atoms with van der Waals surface area (Å²) in [6, 6.07) is 23.2. The largest absolute Gasteiger partial charge is 0.489 e. The lowest BCUT2D eigenvalue weighted by molar-refractivity contribution is 0.0522. The first-order chi connectivity index (χ1) is 20.6. The minimum Gasteiger partial charge on any atom is -0.489 e. The molecule has 9 heteroatoms. The molecule has 43 heavy (non-hydrogen) atoms. The number of nitrogens with zero attached hydrogens (tertiary/aromatic N) is 3. The van der Waals surface area contributed by atoms with Crippen LogP contribution in [0.25, 0.3) is 0 Å². The lowest BCUT2D eigenvalue weighted by atomic mass is 9.93. The van der Waals surface area contributed by atoms with E-state index in [4.69, 9.17) is 19.5 Å². The second-order valence-corrected chi connectivity index (χ2v) is 11.5. The molecule has 0 aliphatic carbocycles. The zero-order valence-electron chi connectivity index (χ0n) is 24.8. The molecule has 3 aromatic rings. The number of amides is 2. The second kappa shape index (κ2) is 14.2. The summed E-state index contributed by atoms with van der Waals surface area (Å²) in [6.45, 7) is 7.45. The minimum atomic E-state index is -0.534. The van der Waals surface area contributed by atoms with E-state index in [0.29, 0.717) is 59.5 Å². The van der Waals surface area contributed by atoms with Crippen molar-refractivity contribution in [1.29, 1.82) is 10.5 Å². The van der Waals surface area contributed by atoms with Gasteiger partial charge in [-0.15, -0.1) is 0 Å². The quantitative estimate of drug-likeness (QED) is 0.304. The molecule has 2 amide bonds. The lowest BCUT2D eigenvalue weighted by Crippen LogP contribution is -2.39. The molecular weight excluding hydrogens is 544 g/mol. The van der Waals surface area contributed by atoms with Crippen LogP contribution < -0.4 is 14.8 Å². The van der Waals surface area contributed by atoms with Gasteiger partial charge in [0.25, 0.3) is 5.91 Å². The number of hydrogen-bond acceptors (Lipinski definition) is 7. The average Bonchev–Trinajstić information content (AvgIpc) is 2.99. The number of likely N-dealkylation sites (tertiary alicyclic amines) is 1. The molecule has 4 rings (SSSR count). The molecule has 0 spiro atoms. The zero-order chi connectivity index (χ0) is 30.8. The zero-order valence-corrected chi connectivity index (χ0v) is 24.8. The van der Waals surface area contributed by atoms with Crippen molar-refractivity contribution in [3.8, 4) is 29.4 Å². The van der Waals surface area contributed by atoms with Crippen LogP contribution in [-0.2, 0) is 11.3 Å². The van der Waals surface area contributed by atoms with Crippen LogP contribution in [-0.4, -0.2) is 42.1 Å². The molecule has 222 valence electrons. The van der Waals surface area contributed by atoms with E-state index in [0.717, 1.165) is 24.8 Å². The number of alkyl carbamates (subject to hydrolysis) is 1. The van der Waals surface area contributed by atoms with Crippen LogP contribution in [0.1, 0.15) is 67.1 Å². The Morgan fingerprint density at radius 2 is 1.60 bits per heavy atom. The van der Waals surface area contributed by atoms with Gasteiger partial charge < -0.3 is 24.4 Å². The molecule has 1 N–H and O–H groups in total. The van der Waals surface area contributed by atoms with Gasteiger partial charge in [-0.25, -0.2) is 4.79 Å². The Labute approximate surface area is 252 Å². The summed E-state index contributed by atoms with van der Waals surface area (Å²) in [6.07, 6.45) is 2.07. The topological polar surface area (TPSA) is 125 Å². The molecular formula is C34H36N4O5. The SMILES string of the molecule is CC(C)(C)OC(=O)NCCC1CCN(C(=O)c2cc(OCc3cccc(C#N)c3)cc(Oc3ccc(C#N)cc3)c2)CC1. The third-order valence-electron chi connectivity index (χ3n) is 6.93. The van der Waals surface area contributed by atoms with Gasteiger partial charge in [-0.2, -0.15) is 10.5 Å². The molecule has 1 heterocycles. The highest BCUT2D eigenvalue weighted by atomic mass is 16.6. The van der Waals surface area contributed by atoms with Crippen LogP contribution in [0.2, 0.25) is 0 Å². The van der Waals surface area contributed by atoms with E-state index in [2.05, 4.69) is 17.5 Å². The number of piperidine rings is 1. The number of carbonyl (C=O) groups is 2. The number of carbonyl (C=O) groups excluding carboxylic acids is 2.